The predicted molar refractivity (Wildman–Crippen MR) is 52.5 cm³/mol. The Morgan fingerprint density at radius 3 is 2.86 bits per heavy atom. The molecule has 2 rings (SSSR count). The maximum absolute atomic E-state index is 13.6. The quantitative estimate of drug-likeness (QED) is 0.708. The normalized spacial score (nSPS) is 26.8. The highest BCUT2D eigenvalue weighted by atomic mass is 19.1. The van der Waals surface area contributed by atoms with Gasteiger partial charge in [-0.3, -0.25) is 0 Å². The Labute approximate surface area is 82.8 Å². The third-order valence-corrected chi connectivity index (χ3v) is 2.76. The highest BCUT2D eigenvalue weighted by molar-refractivity contribution is 5.29. The van der Waals surface area contributed by atoms with Gasteiger partial charge in [0.05, 0.1) is 0 Å². The number of aliphatic hydroxyl groups is 1. The molecular weight excluding hydrogens is 181 g/mol. The number of benzene rings is 1. The Balaban J connectivity index is 2.40. The monoisotopic (exact) mass is 195 g/mol. The van der Waals surface area contributed by atoms with Crippen molar-refractivity contribution < 1.29 is 9.50 Å². The lowest BCUT2D eigenvalue weighted by Gasteiger charge is -2.22. The van der Waals surface area contributed by atoms with Gasteiger partial charge in [0.25, 0.3) is 0 Å². The minimum Gasteiger partial charge on any atom is -0.384 e. The van der Waals surface area contributed by atoms with Crippen molar-refractivity contribution in [2.24, 2.45) is 0 Å². The summed E-state index contributed by atoms with van der Waals surface area (Å²) in [5.74, 6) is -0.309. The second-order valence-corrected chi connectivity index (χ2v) is 3.94. The first kappa shape index (κ1) is 9.62. The molecule has 0 saturated carbocycles. The van der Waals surface area contributed by atoms with Gasteiger partial charge in [-0.2, -0.15) is 0 Å². The van der Waals surface area contributed by atoms with Crippen LogP contribution in [0.15, 0.2) is 18.2 Å². The zero-order valence-electron chi connectivity index (χ0n) is 8.18. The van der Waals surface area contributed by atoms with E-state index in [0.717, 1.165) is 12.1 Å². The van der Waals surface area contributed by atoms with Crippen LogP contribution in [0.2, 0.25) is 0 Å². The topological polar surface area (TPSA) is 32.3 Å². The number of rotatable bonds is 1. The summed E-state index contributed by atoms with van der Waals surface area (Å²) in [6, 6.07) is 4.97. The third-order valence-electron chi connectivity index (χ3n) is 2.76. The van der Waals surface area contributed by atoms with Gasteiger partial charge >= 0.3 is 0 Å². The molecule has 1 aliphatic rings. The van der Waals surface area contributed by atoms with Crippen LogP contribution in [0.1, 0.15) is 17.5 Å². The Morgan fingerprint density at radius 1 is 1.50 bits per heavy atom. The molecule has 1 unspecified atom stereocenters. The lowest BCUT2D eigenvalue weighted by atomic mass is 9.92. The zero-order valence-corrected chi connectivity index (χ0v) is 8.18. The molecule has 76 valence electrons. The second kappa shape index (κ2) is 3.33. The number of aryl methyl sites for hydroxylation is 1. The van der Waals surface area contributed by atoms with E-state index < -0.39 is 5.60 Å². The van der Waals surface area contributed by atoms with Crippen molar-refractivity contribution in [2.45, 2.75) is 18.9 Å². The first-order valence-corrected chi connectivity index (χ1v) is 4.81. The SMILES string of the molecule is Cc1ccc(C2(O)CCNC2)c(F)c1. The van der Waals surface area contributed by atoms with E-state index >= 15 is 0 Å². The molecule has 0 amide bonds. The van der Waals surface area contributed by atoms with Gasteiger partial charge in [-0.15, -0.1) is 0 Å². The Kier molecular flexibility index (Phi) is 2.29. The molecule has 1 aromatic rings. The van der Waals surface area contributed by atoms with Crippen molar-refractivity contribution in [3.63, 3.8) is 0 Å². The van der Waals surface area contributed by atoms with Crippen molar-refractivity contribution in [1.29, 1.82) is 0 Å². The summed E-state index contributed by atoms with van der Waals surface area (Å²) >= 11 is 0. The minimum atomic E-state index is -1.02. The molecule has 2 N–H and O–H groups in total. The fraction of sp³-hybridized carbons (Fsp3) is 0.455. The van der Waals surface area contributed by atoms with Gasteiger partial charge in [-0.25, -0.2) is 4.39 Å². The van der Waals surface area contributed by atoms with Gasteiger partial charge in [0, 0.05) is 12.1 Å². The van der Waals surface area contributed by atoms with Crippen LogP contribution in [0, 0.1) is 12.7 Å². The van der Waals surface area contributed by atoms with Crippen LogP contribution in [0.5, 0.6) is 0 Å². The number of halogens is 1. The maximum atomic E-state index is 13.6. The first-order chi connectivity index (χ1) is 6.62. The largest absolute Gasteiger partial charge is 0.384 e. The second-order valence-electron chi connectivity index (χ2n) is 3.94. The smallest absolute Gasteiger partial charge is 0.129 e. The molecule has 0 aliphatic carbocycles. The molecule has 1 aliphatic heterocycles. The van der Waals surface area contributed by atoms with Gasteiger partial charge in [0.1, 0.15) is 11.4 Å². The van der Waals surface area contributed by atoms with Crippen LogP contribution in [0.4, 0.5) is 4.39 Å². The van der Waals surface area contributed by atoms with Crippen LogP contribution in [-0.2, 0) is 5.60 Å². The van der Waals surface area contributed by atoms with E-state index in [0.29, 0.717) is 18.5 Å². The molecule has 0 radical (unpaired) electrons. The molecule has 1 aromatic carbocycles. The summed E-state index contributed by atoms with van der Waals surface area (Å²) in [5.41, 5.74) is 0.270. The molecule has 14 heavy (non-hydrogen) atoms. The molecule has 1 heterocycles. The molecule has 1 atom stereocenters. The third kappa shape index (κ3) is 1.53. The summed E-state index contributed by atoms with van der Waals surface area (Å²) in [5, 5.41) is 13.2. The first-order valence-electron chi connectivity index (χ1n) is 4.81. The van der Waals surface area contributed by atoms with E-state index in [4.69, 9.17) is 0 Å². The summed E-state index contributed by atoms with van der Waals surface area (Å²) < 4.78 is 13.6. The van der Waals surface area contributed by atoms with Gasteiger partial charge < -0.3 is 10.4 Å². The minimum absolute atomic E-state index is 0.309. The van der Waals surface area contributed by atoms with Gasteiger partial charge in [-0.1, -0.05) is 12.1 Å². The number of hydrogen-bond acceptors (Lipinski definition) is 2. The van der Waals surface area contributed by atoms with Crippen LogP contribution in [-0.4, -0.2) is 18.2 Å². The predicted octanol–water partition coefficient (Wildman–Crippen LogP) is 1.32. The van der Waals surface area contributed by atoms with Gasteiger partial charge in [0.2, 0.25) is 0 Å². The van der Waals surface area contributed by atoms with Crippen molar-refractivity contribution in [2.75, 3.05) is 13.1 Å². The van der Waals surface area contributed by atoms with Crippen molar-refractivity contribution in [1.82, 2.24) is 5.32 Å². The van der Waals surface area contributed by atoms with Crippen molar-refractivity contribution in [3.8, 4) is 0 Å². The van der Waals surface area contributed by atoms with E-state index in [-0.39, 0.29) is 5.82 Å². The van der Waals surface area contributed by atoms with Crippen molar-refractivity contribution >= 4 is 0 Å². The average molecular weight is 195 g/mol. The average Bonchev–Trinajstić information content (AvgIpc) is 2.52. The molecule has 0 aromatic heterocycles. The molecule has 0 bridgehead atoms. The Hall–Kier alpha value is -0.930. The molecule has 3 heteroatoms. The van der Waals surface area contributed by atoms with E-state index in [2.05, 4.69) is 5.32 Å². The fourth-order valence-electron chi connectivity index (χ4n) is 1.91. The van der Waals surface area contributed by atoms with Crippen LogP contribution in [0.3, 0.4) is 0 Å². The zero-order chi connectivity index (χ0) is 10.2. The summed E-state index contributed by atoms with van der Waals surface area (Å²) in [7, 11) is 0. The van der Waals surface area contributed by atoms with E-state index in [1.807, 2.05) is 13.0 Å². The van der Waals surface area contributed by atoms with Gasteiger partial charge in [-0.05, 0) is 31.5 Å². The molecule has 2 nitrogen and oxygen atoms in total. The highest BCUT2D eigenvalue weighted by Crippen LogP contribution is 2.29. The van der Waals surface area contributed by atoms with Crippen LogP contribution in [0.25, 0.3) is 0 Å². The summed E-state index contributed by atoms with van der Waals surface area (Å²) in [6.45, 7) is 3.01. The Morgan fingerprint density at radius 2 is 2.29 bits per heavy atom. The molecular formula is C11H14FNO. The number of hydrogen-bond donors (Lipinski definition) is 2. The van der Waals surface area contributed by atoms with E-state index in [1.165, 1.54) is 6.07 Å². The van der Waals surface area contributed by atoms with E-state index in [1.54, 1.807) is 6.07 Å². The fourth-order valence-corrected chi connectivity index (χ4v) is 1.91. The molecule has 0 spiro atoms. The van der Waals surface area contributed by atoms with E-state index in [9.17, 15) is 9.50 Å². The lowest BCUT2D eigenvalue weighted by molar-refractivity contribution is 0.0549. The lowest BCUT2D eigenvalue weighted by Crippen LogP contribution is -2.29. The Bertz CT molecular complexity index is 345. The van der Waals surface area contributed by atoms with Crippen LogP contribution < -0.4 is 5.32 Å². The molecule has 1 fully saturated rings. The summed E-state index contributed by atoms with van der Waals surface area (Å²) in [4.78, 5) is 0. The number of nitrogens with one attached hydrogen (secondary N) is 1. The van der Waals surface area contributed by atoms with Gasteiger partial charge in [0.15, 0.2) is 0 Å². The standard InChI is InChI=1S/C11H14FNO/c1-8-2-3-9(10(12)6-8)11(14)4-5-13-7-11/h2-3,6,13-14H,4-5,7H2,1H3. The van der Waals surface area contributed by atoms with Crippen LogP contribution >= 0.6 is 0 Å². The summed E-state index contributed by atoms with van der Waals surface area (Å²) in [6.07, 6.45) is 0.576. The maximum Gasteiger partial charge on any atom is 0.129 e. The molecule has 1 saturated heterocycles. The highest BCUT2D eigenvalue weighted by Gasteiger charge is 2.35. The number of β-amino-alcohol motifs (C(OH)–C–C–N with tert-alkyl or cyclic N) is 1. The van der Waals surface area contributed by atoms with Crippen molar-refractivity contribution in [3.05, 3.63) is 35.1 Å².